The van der Waals surface area contributed by atoms with Crippen molar-refractivity contribution in [2.24, 2.45) is 0 Å². The van der Waals surface area contributed by atoms with Crippen molar-refractivity contribution in [3.63, 3.8) is 0 Å². The first-order valence-corrected chi connectivity index (χ1v) is 11.6. The van der Waals surface area contributed by atoms with Crippen LogP contribution in [0.4, 0.5) is 4.39 Å². The summed E-state index contributed by atoms with van der Waals surface area (Å²) in [5.41, 5.74) is 0.778. The number of carbonyl (C=O) groups is 1. The van der Waals surface area contributed by atoms with Crippen LogP contribution in [-0.2, 0) is 9.84 Å². The van der Waals surface area contributed by atoms with E-state index < -0.39 is 20.9 Å². The highest BCUT2D eigenvalue weighted by molar-refractivity contribution is 7.99. The minimum absolute atomic E-state index is 0.122. The molecule has 1 heterocycles. The molecule has 27 heavy (non-hydrogen) atoms. The number of amides is 1. The van der Waals surface area contributed by atoms with Crippen molar-refractivity contribution < 1.29 is 17.6 Å². The van der Waals surface area contributed by atoms with E-state index in [-0.39, 0.29) is 36.7 Å². The molecule has 1 atom stereocenters. The Morgan fingerprint density at radius 2 is 1.85 bits per heavy atom. The lowest BCUT2D eigenvalue weighted by atomic mass is 10.1. The van der Waals surface area contributed by atoms with Crippen molar-refractivity contribution >= 4 is 27.5 Å². The van der Waals surface area contributed by atoms with E-state index in [2.05, 4.69) is 0 Å². The van der Waals surface area contributed by atoms with E-state index in [1.165, 1.54) is 12.1 Å². The Bertz CT molecular complexity index is 930. The summed E-state index contributed by atoms with van der Waals surface area (Å²) < 4.78 is 39.6. The van der Waals surface area contributed by atoms with E-state index in [1.54, 1.807) is 34.9 Å². The average molecular weight is 408 g/mol. The lowest BCUT2D eigenvalue weighted by Crippen LogP contribution is -2.33. The van der Waals surface area contributed by atoms with E-state index in [0.29, 0.717) is 5.56 Å². The molecule has 0 aliphatic carbocycles. The molecule has 4 nitrogen and oxygen atoms in total. The van der Waals surface area contributed by atoms with Gasteiger partial charge in [0.1, 0.15) is 5.82 Å². The fraction of sp³-hybridized carbons (Fsp3) is 0.350. The van der Waals surface area contributed by atoms with Gasteiger partial charge in [-0.2, -0.15) is 0 Å². The summed E-state index contributed by atoms with van der Waals surface area (Å²) in [5, 5.41) is -0.920. The molecule has 2 aromatic rings. The van der Waals surface area contributed by atoms with Crippen LogP contribution < -0.4 is 0 Å². The van der Waals surface area contributed by atoms with Crippen molar-refractivity contribution in [2.45, 2.75) is 23.5 Å². The molecule has 1 unspecified atom stereocenters. The highest BCUT2D eigenvalue weighted by Crippen LogP contribution is 2.32. The van der Waals surface area contributed by atoms with Crippen LogP contribution in [0.25, 0.3) is 0 Å². The monoisotopic (exact) mass is 407 g/mol. The van der Waals surface area contributed by atoms with E-state index >= 15 is 0 Å². The third kappa shape index (κ3) is 4.35. The predicted octanol–water partition coefficient (Wildman–Crippen LogP) is 3.94. The van der Waals surface area contributed by atoms with Crippen LogP contribution in [0.5, 0.6) is 0 Å². The summed E-state index contributed by atoms with van der Waals surface area (Å²) in [7, 11) is -3.54. The second kappa shape index (κ2) is 8.44. The number of rotatable bonds is 4. The molecule has 1 amide bonds. The first-order valence-electron chi connectivity index (χ1n) is 8.91. The SMILES string of the molecule is CCSc1ccccc1C(=O)N1CCC(c2ccccc2F)S(=O)(=O)CC1. The van der Waals surface area contributed by atoms with E-state index in [9.17, 15) is 17.6 Å². The maximum Gasteiger partial charge on any atom is 0.255 e. The fourth-order valence-corrected chi connectivity index (χ4v) is 5.93. The molecule has 2 aromatic carbocycles. The fourth-order valence-electron chi connectivity index (χ4n) is 3.33. The van der Waals surface area contributed by atoms with Crippen LogP contribution in [0.3, 0.4) is 0 Å². The van der Waals surface area contributed by atoms with Gasteiger partial charge in [-0.25, -0.2) is 12.8 Å². The Morgan fingerprint density at radius 3 is 2.59 bits per heavy atom. The van der Waals surface area contributed by atoms with Gasteiger partial charge in [0.05, 0.1) is 16.6 Å². The molecule has 7 heteroatoms. The van der Waals surface area contributed by atoms with Crippen molar-refractivity contribution in [3.05, 3.63) is 65.5 Å². The normalized spacial score (nSPS) is 19.5. The van der Waals surface area contributed by atoms with Crippen LogP contribution in [0.1, 0.15) is 34.5 Å². The molecule has 144 valence electrons. The van der Waals surface area contributed by atoms with Gasteiger partial charge in [0.2, 0.25) is 0 Å². The zero-order chi connectivity index (χ0) is 19.4. The van der Waals surface area contributed by atoms with Crippen molar-refractivity contribution in [1.29, 1.82) is 0 Å². The quantitative estimate of drug-likeness (QED) is 0.721. The minimum Gasteiger partial charge on any atom is -0.338 e. The lowest BCUT2D eigenvalue weighted by molar-refractivity contribution is 0.0763. The first kappa shape index (κ1) is 19.9. The Labute approximate surface area is 163 Å². The molecule has 1 saturated heterocycles. The second-order valence-electron chi connectivity index (χ2n) is 6.39. The molecule has 1 aliphatic rings. The topological polar surface area (TPSA) is 54.5 Å². The molecule has 0 aromatic heterocycles. The smallest absolute Gasteiger partial charge is 0.255 e. The summed E-state index contributed by atoms with van der Waals surface area (Å²) in [6.45, 7) is 2.42. The summed E-state index contributed by atoms with van der Waals surface area (Å²) in [6, 6.07) is 13.3. The third-order valence-electron chi connectivity index (χ3n) is 4.70. The average Bonchev–Trinajstić information content (AvgIpc) is 2.81. The van der Waals surface area contributed by atoms with Gasteiger partial charge < -0.3 is 4.90 Å². The molecular formula is C20H22FNO3S2. The largest absolute Gasteiger partial charge is 0.338 e. The third-order valence-corrected chi connectivity index (χ3v) is 7.76. The molecule has 1 aliphatic heterocycles. The van der Waals surface area contributed by atoms with Crippen LogP contribution in [0.15, 0.2) is 53.4 Å². The van der Waals surface area contributed by atoms with Crippen molar-refractivity contribution in [1.82, 2.24) is 4.90 Å². The van der Waals surface area contributed by atoms with Gasteiger partial charge in [0, 0.05) is 23.5 Å². The predicted molar refractivity (Wildman–Crippen MR) is 106 cm³/mol. The zero-order valence-electron chi connectivity index (χ0n) is 15.1. The molecular weight excluding hydrogens is 385 g/mol. The maximum atomic E-state index is 14.2. The first-order chi connectivity index (χ1) is 12.9. The number of nitrogens with zero attached hydrogens (tertiary/aromatic N) is 1. The van der Waals surface area contributed by atoms with Gasteiger partial charge in [-0.05, 0) is 30.4 Å². The van der Waals surface area contributed by atoms with Crippen LogP contribution in [-0.4, -0.2) is 43.8 Å². The summed E-state index contributed by atoms with van der Waals surface area (Å²) >= 11 is 1.58. The van der Waals surface area contributed by atoms with Crippen LogP contribution in [0.2, 0.25) is 0 Å². The number of thioether (sulfide) groups is 1. The van der Waals surface area contributed by atoms with E-state index in [0.717, 1.165) is 10.6 Å². The molecule has 0 N–H and O–H groups in total. The maximum absolute atomic E-state index is 14.2. The number of sulfone groups is 1. The highest BCUT2D eigenvalue weighted by Gasteiger charge is 2.34. The number of hydrogen-bond acceptors (Lipinski definition) is 4. The van der Waals surface area contributed by atoms with E-state index in [4.69, 9.17) is 0 Å². The number of benzene rings is 2. The van der Waals surface area contributed by atoms with Crippen molar-refractivity contribution in [2.75, 3.05) is 24.6 Å². The lowest BCUT2D eigenvalue weighted by Gasteiger charge is -2.21. The summed E-state index contributed by atoms with van der Waals surface area (Å²) in [5.74, 6) is -0.0130. The molecule has 0 spiro atoms. The second-order valence-corrected chi connectivity index (χ2v) is 10.00. The van der Waals surface area contributed by atoms with Gasteiger partial charge in [-0.3, -0.25) is 4.79 Å². The summed E-state index contributed by atoms with van der Waals surface area (Å²) in [4.78, 5) is 15.5. The number of halogens is 1. The standard InChI is InChI=1S/C20H22FNO3S2/c1-2-26-18-10-6-4-8-16(18)20(23)22-12-11-19(27(24,25)14-13-22)15-7-3-5-9-17(15)21/h3-10,19H,2,11-14H2,1H3. The molecule has 1 fully saturated rings. The van der Waals surface area contributed by atoms with Gasteiger partial charge in [-0.1, -0.05) is 37.3 Å². The number of carbonyl (C=O) groups excluding carboxylic acids is 1. The van der Waals surface area contributed by atoms with E-state index in [1.807, 2.05) is 25.1 Å². The zero-order valence-corrected chi connectivity index (χ0v) is 16.7. The van der Waals surface area contributed by atoms with Gasteiger partial charge in [0.15, 0.2) is 9.84 Å². The van der Waals surface area contributed by atoms with Gasteiger partial charge >= 0.3 is 0 Å². The Morgan fingerprint density at radius 1 is 1.15 bits per heavy atom. The Hall–Kier alpha value is -1.86. The summed E-state index contributed by atoms with van der Waals surface area (Å²) in [6.07, 6.45) is 0.193. The number of hydrogen-bond donors (Lipinski definition) is 0. The van der Waals surface area contributed by atoms with Crippen LogP contribution >= 0.6 is 11.8 Å². The van der Waals surface area contributed by atoms with Crippen LogP contribution in [0, 0.1) is 5.82 Å². The molecule has 0 saturated carbocycles. The Balaban J connectivity index is 1.86. The van der Waals surface area contributed by atoms with Crippen molar-refractivity contribution in [3.8, 4) is 0 Å². The van der Waals surface area contributed by atoms with Gasteiger partial charge in [-0.15, -0.1) is 11.8 Å². The molecule has 0 radical (unpaired) electrons. The molecule has 3 rings (SSSR count). The Kier molecular flexibility index (Phi) is 6.22. The van der Waals surface area contributed by atoms with Gasteiger partial charge in [0.25, 0.3) is 5.91 Å². The minimum atomic E-state index is -3.54. The molecule has 0 bridgehead atoms. The highest BCUT2D eigenvalue weighted by atomic mass is 32.2.